The number of nitrogens with one attached hydrogen (secondary N) is 1. The molecular formula is C14H26N2O3. The molecular weight excluding hydrogens is 244 g/mol. The number of morpholine rings is 1. The smallest absolute Gasteiger partial charge is 0.327 e. The van der Waals surface area contributed by atoms with E-state index >= 15 is 0 Å². The van der Waals surface area contributed by atoms with Gasteiger partial charge >= 0.3 is 5.97 Å². The van der Waals surface area contributed by atoms with E-state index in [1.165, 1.54) is 7.11 Å². The molecule has 3 atom stereocenters. The van der Waals surface area contributed by atoms with Gasteiger partial charge in [0.15, 0.2) is 0 Å². The molecule has 0 aromatic heterocycles. The van der Waals surface area contributed by atoms with E-state index in [9.17, 15) is 4.79 Å². The molecule has 3 unspecified atom stereocenters. The molecule has 2 fully saturated rings. The van der Waals surface area contributed by atoms with Crippen LogP contribution in [0.5, 0.6) is 0 Å². The molecule has 110 valence electrons. The van der Waals surface area contributed by atoms with Crippen LogP contribution < -0.4 is 5.32 Å². The van der Waals surface area contributed by atoms with E-state index in [0.29, 0.717) is 18.8 Å². The Hall–Kier alpha value is -0.650. The summed E-state index contributed by atoms with van der Waals surface area (Å²) >= 11 is 0. The maximum Gasteiger partial charge on any atom is 0.327 e. The fourth-order valence-electron chi connectivity index (χ4n) is 3.09. The summed E-state index contributed by atoms with van der Waals surface area (Å²) in [6.07, 6.45) is 4.01. The van der Waals surface area contributed by atoms with Gasteiger partial charge in [-0.15, -0.1) is 0 Å². The number of ether oxygens (including phenoxy) is 2. The maximum absolute atomic E-state index is 12.0. The standard InChI is InChI=1S/C14H26N2O3/c1-4-7-15-14(2,13(17)18-3)10-16-8-11-5-6-12(9-16)19-11/h11-12,15H,4-10H2,1-3H3. The average molecular weight is 270 g/mol. The molecule has 0 saturated carbocycles. The Kier molecular flexibility index (Phi) is 4.81. The summed E-state index contributed by atoms with van der Waals surface area (Å²) in [4.78, 5) is 14.4. The third kappa shape index (κ3) is 3.46. The van der Waals surface area contributed by atoms with E-state index < -0.39 is 5.54 Å². The van der Waals surface area contributed by atoms with Gasteiger partial charge in [-0.1, -0.05) is 6.92 Å². The highest BCUT2D eigenvalue weighted by atomic mass is 16.5. The first-order chi connectivity index (χ1) is 9.07. The summed E-state index contributed by atoms with van der Waals surface area (Å²) in [5.74, 6) is -0.181. The Morgan fingerprint density at radius 2 is 2.05 bits per heavy atom. The second-order valence-electron chi connectivity index (χ2n) is 5.90. The summed E-state index contributed by atoms with van der Waals surface area (Å²) in [6.45, 7) is 7.40. The van der Waals surface area contributed by atoms with Crippen LogP contribution in [0.3, 0.4) is 0 Å². The van der Waals surface area contributed by atoms with Gasteiger partial charge in [-0.25, -0.2) is 0 Å². The zero-order chi connectivity index (χ0) is 13.9. The molecule has 2 bridgehead atoms. The van der Waals surface area contributed by atoms with E-state index in [1.54, 1.807) is 0 Å². The van der Waals surface area contributed by atoms with Crippen LogP contribution in [0.4, 0.5) is 0 Å². The lowest BCUT2D eigenvalue weighted by Crippen LogP contribution is -2.59. The predicted molar refractivity (Wildman–Crippen MR) is 73.0 cm³/mol. The number of esters is 1. The number of hydrogen-bond donors (Lipinski definition) is 1. The van der Waals surface area contributed by atoms with Crippen molar-refractivity contribution in [1.29, 1.82) is 0 Å². The van der Waals surface area contributed by atoms with Gasteiger partial charge < -0.3 is 14.8 Å². The van der Waals surface area contributed by atoms with Gasteiger partial charge in [0.05, 0.1) is 19.3 Å². The molecule has 2 saturated heterocycles. The predicted octanol–water partition coefficient (Wildman–Crippen LogP) is 0.781. The molecule has 0 radical (unpaired) electrons. The Morgan fingerprint density at radius 3 is 2.58 bits per heavy atom. The first-order valence-corrected chi connectivity index (χ1v) is 7.28. The van der Waals surface area contributed by atoms with Crippen molar-refractivity contribution in [3.05, 3.63) is 0 Å². The molecule has 0 aromatic carbocycles. The Labute approximate surface area is 115 Å². The SMILES string of the molecule is CCCNC(C)(CN1CC2CCC(C1)O2)C(=O)OC. The van der Waals surface area contributed by atoms with Crippen molar-refractivity contribution < 1.29 is 14.3 Å². The topological polar surface area (TPSA) is 50.8 Å². The zero-order valence-electron chi connectivity index (χ0n) is 12.3. The molecule has 1 N–H and O–H groups in total. The van der Waals surface area contributed by atoms with E-state index in [4.69, 9.17) is 9.47 Å². The Morgan fingerprint density at radius 1 is 1.42 bits per heavy atom. The Bertz CT molecular complexity index is 312. The van der Waals surface area contributed by atoms with Crippen molar-refractivity contribution in [2.45, 2.75) is 50.9 Å². The number of nitrogens with zero attached hydrogens (tertiary/aromatic N) is 1. The molecule has 5 heteroatoms. The summed E-state index contributed by atoms with van der Waals surface area (Å²) in [7, 11) is 1.46. The molecule has 0 aromatic rings. The summed E-state index contributed by atoms with van der Waals surface area (Å²) in [5, 5.41) is 3.34. The molecule has 2 heterocycles. The monoisotopic (exact) mass is 270 g/mol. The van der Waals surface area contributed by atoms with Crippen LogP contribution in [0, 0.1) is 0 Å². The lowest BCUT2D eigenvalue weighted by Gasteiger charge is -2.38. The second-order valence-corrected chi connectivity index (χ2v) is 5.90. The lowest BCUT2D eigenvalue weighted by atomic mass is 10.0. The van der Waals surface area contributed by atoms with Crippen LogP contribution in [0.15, 0.2) is 0 Å². The quantitative estimate of drug-likeness (QED) is 0.723. The molecule has 0 aliphatic carbocycles. The fraction of sp³-hybridized carbons (Fsp3) is 0.929. The average Bonchev–Trinajstić information content (AvgIpc) is 2.74. The first-order valence-electron chi connectivity index (χ1n) is 7.28. The highest BCUT2D eigenvalue weighted by Gasteiger charge is 2.40. The minimum absolute atomic E-state index is 0.181. The highest BCUT2D eigenvalue weighted by molar-refractivity contribution is 5.80. The van der Waals surface area contributed by atoms with E-state index in [2.05, 4.69) is 17.1 Å². The van der Waals surface area contributed by atoms with Gasteiger partial charge in [-0.2, -0.15) is 0 Å². The molecule has 0 amide bonds. The van der Waals surface area contributed by atoms with Gasteiger partial charge in [-0.3, -0.25) is 9.69 Å². The summed E-state index contributed by atoms with van der Waals surface area (Å²) < 4.78 is 10.8. The minimum atomic E-state index is -0.623. The second kappa shape index (κ2) is 6.20. The highest BCUT2D eigenvalue weighted by Crippen LogP contribution is 2.27. The van der Waals surface area contributed by atoms with Crippen molar-refractivity contribution in [2.75, 3.05) is 33.3 Å². The normalized spacial score (nSPS) is 30.1. The minimum Gasteiger partial charge on any atom is -0.468 e. The van der Waals surface area contributed by atoms with Crippen LogP contribution in [-0.2, 0) is 14.3 Å². The number of likely N-dealkylation sites (tertiary alicyclic amines) is 1. The molecule has 2 aliphatic heterocycles. The number of carbonyl (C=O) groups excluding carboxylic acids is 1. The van der Waals surface area contributed by atoms with Crippen LogP contribution in [-0.4, -0.2) is 61.9 Å². The largest absolute Gasteiger partial charge is 0.468 e. The van der Waals surface area contributed by atoms with Crippen LogP contribution >= 0.6 is 0 Å². The number of methoxy groups -OCH3 is 1. The van der Waals surface area contributed by atoms with Crippen molar-refractivity contribution in [2.24, 2.45) is 0 Å². The third-order valence-electron chi connectivity index (χ3n) is 4.06. The third-order valence-corrected chi connectivity index (χ3v) is 4.06. The molecule has 19 heavy (non-hydrogen) atoms. The van der Waals surface area contributed by atoms with Crippen LogP contribution in [0.2, 0.25) is 0 Å². The van der Waals surface area contributed by atoms with Crippen molar-refractivity contribution >= 4 is 5.97 Å². The first kappa shape index (κ1) is 14.8. The van der Waals surface area contributed by atoms with Gasteiger partial charge in [-0.05, 0) is 32.7 Å². The van der Waals surface area contributed by atoms with Crippen LogP contribution in [0.1, 0.15) is 33.1 Å². The van der Waals surface area contributed by atoms with Gasteiger partial charge in [0.2, 0.25) is 0 Å². The van der Waals surface area contributed by atoms with Gasteiger partial charge in [0.1, 0.15) is 5.54 Å². The van der Waals surface area contributed by atoms with E-state index in [-0.39, 0.29) is 5.97 Å². The zero-order valence-corrected chi connectivity index (χ0v) is 12.3. The molecule has 2 rings (SSSR count). The summed E-state index contributed by atoms with van der Waals surface area (Å²) in [5.41, 5.74) is -0.623. The lowest BCUT2D eigenvalue weighted by molar-refractivity contribution is -0.150. The molecule has 5 nitrogen and oxygen atoms in total. The Balaban J connectivity index is 1.97. The molecule has 0 spiro atoms. The number of carbonyl (C=O) groups is 1. The van der Waals surface area contributed by atoms with E-state index in [1.807, 2.05) is 6.92 Å². The maximum atomic E-state index is 12.0. The number of hydrogen-bond acceptors (Lipinski definition) is 5. The number of fused-ring (bicyclic) bond motifs is 2. The fourth-order valence-corrected chi connectivity index (χ4v) is 3.09. The number of rotatable bonds is 6. The molecule has 2 aliphatic rings. The van der Waals surface area contributed by atoms with Gasteiger partial charge in [0, 0.05) is 19.6 Å². The van der Waals surface area contributed by atoms with Gasteiger partial charge in [0.25, 0.3) is 0 Å². The van der Waals surface area contributed by atoms with Crippen LogP contribution in [0.25, 0.3) is 0 Å². The van der Waals surface area contributed by atoms with Crippen molar-refractivity contribution in [1.82, 2.24) is 10.2 Å². The van der Waals surface area contributed by atoms with E-state index in [0.717, 1.165) is 38.9 Å². The summed E-state index contributed by atoms with van der Waals surface area (Å²) in [6, 6.07) is 0. The van der Waals surface area contributed by atoms with Crippen molar-refractivity contribution in [3.63, 3.8) is 0 Å². The van der Waals surface area contributed by atoms with Crippen molar-refractivity contribution in [3.8, 4) is 0 Å².